The second-order valence-corrected chi connectivity index (χ2v) is 6.92. The molecule has 9 heteroatoms. The van der Waals surface area contributed by atoms with Gasteiger partial charge >= 0.3 is 0 Å². The summed E-state index contributed by atoms with van der Waals surface area (Å²) in [6, 6.07) is 14.0. The fraction of sp³-hybridized carbons (Fsp3) is 0.0909. The minimum atomic E-state index is -0.631. The van der Waals surface area contributed by atoms with Crippen LogP contribution in [0, 0.1) is 5.82 Å². The number of amides is 2. The van der Waals surface area contributed by atoms with Gasteiger partial charge in [0.2, 0.25) is 5.91 Å². The smallest absolute Gasteiger partial charge is 0.252 e. The summed E-state index contributed by atoms with van der Waals surface area (Å²) in [5.41, 5.74) is 7.24. The molecule has 2 aromatic carbocycles. The molecule has 156 valence electrons. The lowest BCUT2D eigenvalue weighted by molar-refractivity contribution is -0.118. The highest BCUT2D eigenvalue weighted by atomic mass is 19.1. The van der Waals surface area contributed by atoms with Crippen LogP contribution < -0.4 is 16.6 Å². The molecule has 0 aliphatic rings. The Bertz CT molecular complexity index is 1340. The maximum Gasteiger partial charge on any atom is 0.252 e. The largest absolute Gasteiger partial charge is 0.368 e. The van der Waals surface area contributed by atoms with Crippen molar-refractivity contribution < 1.29 is 14.0 Å². The highest BCUT2D eigenvalue weighted by molar-refractivity contribution is 6.06. The zero-order chi connectivity index (χ0) is 22.0. The van der Waals surface area contributed by atoms with Crippen LogP contribution in [-0.4, -0.2) is 26.2 Å². The lowest BCUT2D eigenvalue weighted by atomic mass is 10.1. The van der Waals surface area contributed by atoms with Crippen molar-refractivity contribution in [2.45, 2.75) is 13.1 Å². The molecule has 0 bridgehead atoms. The molecular weight excluding hydrogens is 401 g/mol. The molecule has 0 radical (unpaired) electrons. The summed E-state index contributed by atoms with van der Waals surface area (Å²) in [4.78, 5) is 35.7. The number of benzene rings is 2. The number of halogens is 1. The van der Waals surface area contributed by atoms with Crippen molar-refractivity contribution in [2.24, 2.45) is 5.73 Å². The number of nitrogens with zero attached hydrogens (tertiary/aromatic N) is 3. The maximum atomic E-state index is 13.2. The van der Waals surface area contributed by atoms with Gasteiger partial charge in [-0.2, -0.15) is 5.10 Å². The van der Waals surface area contributed by atoms with Gasteiger partial charge < -0.3 is 15.6 Å². The van der Waals surface area contributed by atoms with E-state index in [1.165, 1.54) is 29.0 Å². The van der Waals surface area contributed by atoms with Crippen molar-refractivity contribution in [3.8, 4) is 5.69 Å². The van der Waals surface area contributed by atoms with E-state index in [9.17, 15) is 18.8 Å². The molecule has 0 saturated heterocycles. The number of aromatic nitrogens is 3. The van der Waals surface area contributed by atoms with E-state index >= 15 is 0 Å². The summed E-state index contributed by atoms with van der Waals surface area (Å²) < 4.78 is 16.0. The number of pyridine rings is 1. The zero-order valence-corrected chi connectivity index (χ0v) is 16.3. The number of rotatable bonds is 6. The van der Waals surface area contributed by atoms with Crippen LogP contribution in [0.3, 0.4) is 0 Å². The molecule has 31 heavy (non-hydrogen) atoms. The molecule has 0 saturated carbocycles. The first kappa shape index (κ1) is 20.0. The van der Waals surface area contributed by atoms with E-state index in [2.05, 4.69) is 10.4 Å². The van der Waals surface area contributed by atoms with Gasteiger partial charge in [0, 0.05) is 24.2 Å². The van der Waals surface area contributed by atoms with Gasteiger partial charge in [-0.3, -0.25) is 14.4 Å². The summed E-state index contributed by atoms with van der Waals surface area (Å²) >= 11 is 0. The van der Waals surface area contributed by atoms with E-state index in [1.807, 2.05) is 6.07 Å². The Morgan fingerprint density at radius 2 is 1.84 bits per heavy atom. The van der Waals surface area contributed by atoms with Gasteiger partial charge in [0.05, 0.1) is 23.0 Å². The Labute approximate surface area is 175 Å². The number of fused-ring (bicyclic) bond motifs is 1. The Morgan fingerprint density at radius 1 is 1.06 bits per heavy atom. The van der Waals surface area contributed by atoms with Crippen LogP contribution in [-0.2, 0) is 17.9 Å². The molecule has 4 aromatic rings. The van der Waals surface area contributed by atoms with E-state index in [0.717, 1.165) is 0 Å². The van der Waals surface area contributed by atoms with Crippen LogP contribution in [0.5, 0.6) is 0 Å². The van der Waals surface area contributed by atoms with Gasteiger partial charge in [-0.25, -0.2) is 9.07 Å². The van der Waals surface area contributed by atoms with Gasteiger partial charge in [0.1, 0.15) is 12.4 Å². The summed E-state index contributed by atoms with van der Waals surface area (Å²) in [6.07, 6.45) is 3.07. The summed E-state index contributed by atoms with van der Waals surface area (Å²) in [5, 5.41) is 7.79. The van der Waals surface area contributed by atoms with Gasteiger partial charge in [-0.1, -0.05) is 12.1 Å². The van der Waals surface area contributed by atoms with E-state index in [1.54, 1.807) is 41.2 Å². The first-order valence-electron chi connectivity index (χ1n) is 9.41. The van der Waals surface area contributed by atoms with E-state index in [4.69, 9.17) is 5.73 Å². The summed E-state index contributed by atoms with van der Waals surface area (Å²) in [6.45, 7) is -0.0805. The number of nitrogens with one attached hydrogen (secondary N) is 1. The Hall–Kier alpha value is -4.27. The number of carbonyl (C=O) groups is 2. The Morgan fingerprint density at radius 3 is 2.58 bits per heavy atom. The third kappa shape index (κ3) is 4.20. The van der Waals surface area contributed by atoms with Gasteiger partial charge in [0.25, 0.3) is 11.5 Å². The molecule has 0 fully saturated rings. The summed E-state index contributed by atoms with van der Waals surface area (Å²) in [5.74, 6) is -1.30. The first-order chi connectivity index (χ1) is 14.9. The lowest BCUT2D eigenvalue weighted by Gasteiger charge is -2.09. The van der Waals surface area contributed by atoms with Crippen molar-refractivity contribution in [3.05, 3.63) is 94.3 Å². The second-order valence-electron chi connectivity index (χ2n) is 6.92. The fourth-order valence-corrected chi connectivity index (χ4v) is 3.29. The molecule has 4 rings (SSSR count). The Kier molecular flexibility index (Phi) is 5.31. The minimum Gasteiger partial charge on any atom is -0.368 e. The number of nitrogens with two attached hydrogens (primary N) is 1. The maximum absolute atomic E-state index is 13.2. The van der Waals surface area contributed by atoms with Crippen LogP contribution in [0.1, 0.15) is 15.9 Å². The molecule has 0 unspecified atom stereocenters. The van der Waals surface area contributed by atoms with Crippen LogP contribution in [0.2, 0.25) is 0 Å². The minimum absolute atomic E-state index is 0.153. The number of hydrogen-bond donors (Lipinski definition) is 2. The average Bonchev–Trinajstić information content (AvgIpc) is 3.18. The molecule has 8 nitrogen and oxygen atoms in total. The zero-order valence-electron chi connectivity index (χ0n) is 16.3. The highest BCUT2D eigenvalue weighted by Gasteiger charge is 2.14. The first-order valence-corrected chi connectivity index (χ1v) is 9.41. The lowest BCUT2D eigenvalue weighted by Crippen LogP contribution is -2.29. The SMILES string of the molecule is NC(=O)Cn1cc(CNC(=O)c2cccc3c2cnn3-c2ccc(F)cc2)ccc1=O. The molecule has 3 N–H and O–H groups in total. The van der Waals surface area contributed by atoms with Crippen molar-refractivity contribution in [2.75, 3.05) is 0 Å². The standard InChI is InChI=1S/C22H18FN5O3/c23-15-5-7-16(8-6-15)28-19-3-1-2-17(18(19)11-26-28)22(31)25-10-14-4-9-21(30)27(12-14)13-20(24)29/h1-9,11-12H,10,13H2,(H2,24,29)(H,25,31). The van der Waals surface area contributed by atoms with Gasteiger partial charge in [-0.15, -0.1) is 0 Å². The van der Waals surface area contributed by atoms with Crippen molar-refractivity contribution >= 4 is 22.7 Å². The van der Waals surface area contributed by atoms with Gasteiger partial charge in [0.15, 0.2) is 0 Å². The molecule has 0 spiro atoms. The third-order valence-electron chi connectivity index (χ3n) is 4.75. The molecule has 0 atom stereocenters. The normalized spacial score (nSPS) is 10.9. The summed E-state index contributed by atoms with van der Waals surface area (Å²) in [7, 11) is 0. The van der Waals surface area contributed by atoms with Crippen LogP contribution >= 0.6 is 0 Å². The predicted molar refractivity (Wildman–Crippen MR) is 112 cm³/mol. The van der Waals surface area contributed by atoms with Crippen molar-refractivity contribution in [1.29, 1.82) is 0 Å². The predicted octanol–water partition coefficient (Wildman–Crippen LogP) is 1.74. The average molecular weight is 419 g/mol. The van der Waals surface area contributed by atoms with E-state index in [-0.39, 0.29) is 30.4 Å². The molecule has 0 aliphatic carbocycles. The topological polar surface area (TPSA) is 112 Å². The second kappa shape index (κ2) is 8.23. The quantitative estimate of drug-likeness (QED) is 0.496. The number of carbonyl (C=O) groups excluding carboxylic acids is 2. The van der Waals surface area contributed by atoms with Crippen LogP contribution in [0.4, 0.5) is 4.39 Å². The number of primary amides is 1. The molecule has 2 amide bonds. The van der Waals surface area contributed by atoms with Crippen LogP contribution in [0.25, 0.3) is 16.6 Å². The highest BCUT2D eigenvalue weighted by Crippen LogP contribution is 2.22. The van der Waals surface area contributed by atoms with E-state index < -0.39 is 5.91 Å². The third-order valence-corrected chi connectivity index (χ3v) is 4.75. The molecular formula is C22H18FN5O3. The van der Waals surface area contributed by atoms with Gasteiger partial charge in [-0.05, 0) is 42.0 Å². The fourth-order valence-electron chi connectivity index (χ4n) is 3.29. The van der Waals surface area contributed by atoms with Crippen molar-refractivity contribution in [1.82, 2.24) is 19.7 Å². The molecule has 2 aromatic heterocycles. The van der Waals surface area contributed by atoms with E-state index in [0.29, 0.717) is 27.7 Å². The van der Waals surface area contributed by atoms with Crippen molar-refractivity contribution in [3.63, 3.8) is 0 Å². The Balaban J connectivity index is 1.57. The van der Waals surface area contributed by atoms with Crippen LogP contribution in [0.15, 0.2) is 71.8 Å². The monoisotopic (exact) mass is 419 g/mol. The molecule has 2 heterocycles. The molecule has 0 aliphatic heterocycles. The number of hydrogen-bond acceptors (Lipinski definition) is 4.